The lowest BCUT2D eigenvalue weighted by Gasteiger charge is -2.17. The second-order valence-electron chi connectivity index (χ2n) is 4.53. The molecular weight excluding hydrogens is 271 g/mol. The highest BCUT2D eigenvalue weighted by molar-refractivity contribution is 5.95. The van der Waals surface area contributed by atoms with Crippen LogP contribution in [0.5, 0.6) is 0 Å². The molecule has 0 saturated heterocycles. The summed E-state index contributed by atoms with van der Waals surface area (Å²) < 4.78 is 14.2. The number of anilines is 1. The first-order chi connectivity index (χ1) is 10.1. The summed E-state index contributed by atoms with van der Waals surface area (Å²) in [7, 11) is 1.61. The van der Waals surface area contributed by atoms with E-state index in [-0.39, 0.29) is 11.4 Å². The van der Waals surface area contributed by atoms with Gasteiger partial charge in [0.1, 0.15) is 0 Å². The van der Waals surface area contributed by atoms with E-state index in [4.69, 9.17) is 0 Å². The van der Waals surface area contributed by atoms with E-state index in [1.807, 2.05) is 19.1 Å². The number of halogens is 1. The highest BCUT2D eigenvalue weighted by Crippen LogP contribution is 2.17. The van der Waals surface area contributed by atoms with Gasteiger partial charge >= 0.3 is 0 Å². The largest absolute Gasteiger partial charge is 0.368 e. The molecule has 0 radical (unpaired) electrons. The third kappa shape index (κ3) is 3.53. The number of nitrogens with one attached hydrogen (secondary N) is 1. The molecule has 0 fully saturated rings. The Bertz CT molecular complexity index is 618. The average molecular weight is 288 g/mol. The molecule has 1 amide bonds. The topological polar surface area (TPSA) is 58.1 Å². The van der Waals surface area contributed by atoms with Crippen LogP contribution in [0.1, 0.15) is 23.0 Å². The monoisotopic (exact) mass is 288 g/mol. The highest BCUT2D eigenvalue weighted by atomic mass is 19.1. The molecule has 6 heteroatoms. The summed E-state index contributed by atoms with van der Waals surface area (Å²) in [4.78, 5) is 21.8. The van der Waals surface area contributed by atoms with Gasteiger partial charge < -0.3 is 10.2 Å². The van der Waals surface area contributed by atoms with Crippen molar-refractivity contribution in [3.8, 4) is 0 Å². The van der Waals surface area contributed by atoms with E-state index >= 15 is 0 Å². The molecule has 0 aliphatic heterocycles. The molecule has 2 aromatic heterocycles. The fourth-order valence-electron chi connectivity index (χ4n) is 1.91. The van der Waals surface area contributed by atoms with Crippen molar-refractivity contribution in [1.82, 2.24) is 14.9 Å². The zero-order valence-electron chi connectivity index (χ0n) is 12.0. The number of rotatable bonds is 5. The van der Waals surface area contributed by atoms with Crippen molar-refractivity contribution in [1.29, 1.82) is 0 Å². The second kappa shape index (κ2) is 6.78. The predicted octanol–water partition coefficient (Wildman–Crippen LogP) is 2.32. The summed E-state index contributed by atoms with van der Waals surface area (Å²) in [6.07, 6.45) is 3.08. The van der Waals surface area contributed by atoms with Gasteiger partial charge in [-0.2, -0.15) is 0 Å². The molecule has 1 N–H and O–H groups in total. The fourth-order valence-corrected chi connectivity index (χ4v) is 1.91. The van der Waals surface area contributed by atoms with Gasteiger partial charge in [-0.15, -0.1) is 0 Å². The molecule has 2 rings (SSSR count). The van der Waals surface area contributed by atoms with Crippen LogP contribution in [0.15, 0.2) is 36.7 Å². The van der Waals surface area contributed by atoms with Crippen molar-refractivity contribution >= 4 is 11.7 Å². The van der Waals surface area contributed by atoms with Crippen molar-refractivity contribution in [3.63, 3.8) is 0 Å². The molecule has 0 saturated carbocycles. The van der Waals surface area contributed by atoms with Gasteiger partial charge in [0, 0.05) is 26.0 Å². The van der Waals surface area contributed by atoms with Crippen molar-refractivity contribution in [2.45, 2.75) is 13.5 Å². The molecular formula is C15H17FN4O. The van der Waals surface area contributed by atoms with E-state index in [1.165, 1.54) is 17.2 Å². The molecule has 21 heavy (non-hydrogen) atoms. The number of hydrogen-bond acceptors (Lipinski definition) is 4. The van der Waals surface area contributed by atoms with Crippen LogP contribution in [-0.4, -0.2) is 34.4 Å². The standard InChI is InChI=1S/C15H17FN4O/c1-3-17-14-13(16)12(7-9-19-14)15(21)20(2)10-11-6-4-5-8-18-11/h4-9H,3,10H2,1-2H3,(H,17,19). The maximum absolute atomic E-state index is 14.2. The third-order valence-electron chi connectivity index (χ3n) is 2.94. The SMILES string of the molecule is CCNc1nccc(C(=O)N(C)Cc2ccccn2)c1F. The van der Waals surface area contributed by atoms with E-state index < -0.39 is 11.7 Å². The number of carbonyl (C=O) groups is 1. The summed E-state index contributed by atoms with van der Waals surface area (Å²) in [6, 6.07) is 6.84. The fraction of sp³-hybridized carbons (Fsp3) is 0.267. The van der Waals surface area contributed by atoms with E-state index in [1.54, 1.807) is 19.3 Å². The molecule has 5 nitrogen and oxygen atoms in total. The Morgan fingerprint density at radius 3 is 2.76 bits per heavy atom. The van der Waals surface area contributed by atoms with Crippen LogP contribution in [0.4, 0.5) is 10.2 Å². The average Bonchev–Trinajstić information content (AvgIpc) is 2.50. The summed E-state index contributed by atoms with van der Waals surface area (Å²) in [6.45, 7) is 2.69. The third-order valence-corrected chi connectivity index (χ3v) is 2.94. The van der Waals surface area contributed by atoms with Crippen molar-refractivity contribution < 1.29 is 9.18 Å². The van der Waals surface area contributed by atoms with Crippen molar-refractivity contribution in [3.05, 3.63) is 53.7 Å². The minimum absolute atomic E-state index is 0.000573. The molecule has 0 aromatic carbocycles. The molecule has 0 spiro atoms. The molecule has 0 unspecified atom stereocenters. The molecule has 2 aromatic rings. The maximum Gasteiger partial charge on any atom is 0.257 e. The van der Waals surface area contributed by atoms with Gasteiger partial charge in [-0.3, -0.25) is 9.78 Å². The quantitative estimate of drug-likeness (QED) is 0.917. The van der Waals surface area contributed by atoms with Crippen LogP contribution in [0.3, 0.4) is 0 Å². The van der Waals surface area contributed by atoms with Gasteiger partial charge in [-0.05, 0) is 25.1 Å². The highest BCUT2D eigenvalue weighted by Gasteiger charge is 2.19. The summed E-state index contributed by atoms with van der Waals surface area (Å²) >= 11 is 0. The van der Waals surface area contributed by atoms with Gasteiger partial charge in [-0.1, -0.05) is 6.07 Å². The number of nitrogens with zero attached hydrogens (tertiary/aromatic N) is 3. The Labute approximate surface area is 122 Å². The Hall–Kier alpha value is -2.50. The number of carbonyl (C=O) groups excluding carboxylic acids is 1. The van der Waals surface area contributed by atoms with Gasteiger partial charge in [0.15, 0.2) is 11.6 Å². The molecule has 110 valence electrons. The number of aromatic nitrogens is 2. The van der Waals surface area contributed by atoms with Gasteiger partial charge in [0.2, 0.25) is 0 Å². The van der Waals surface area contributed by atoms with Gasteiger partial charge in [0.25, 0.3) is 5.91 Å². The van der Waals surface area contributed by atoms with E-state index in [9.17, 15) is 9.18 Å². The van der Waals surface area contributed by atoms with E-state index in [2.05, 4.69) is 15.3 Å². The first-order valence-electron chi connectivity index (χ1n) is 6.67. The maximum atomic E-state index is 14.2. The van der Waals surface area contributed by atoms with Crippen molar-refractivity contribution in [2.24, 2.45) is 0 Å². The zero-order valence-corrected chi connectivity index (χ0v) is 12.0. The minimum Gasteiger partial charge on any atom is -0.368 e. The second-order valence-corrected chi connectivity index (χ2v) is 4.53. The Morgan fingerprint density at radius 1 is 1.29 bits per heavy atom. The summed E-state index contributed by atoms with van der Waals surface area (Å²) in [5.74, 6) is -0.938. The predicted molar refractivity (Wildman–Crippen MR) is 78.4 cm³/mol. The number of hydrogen-bond donors (Lipinski definition) is 1. The summed E-state index contributed by atoms with van der Waals surface area (Å²) in [5, 5.41) is 2.79. The Balaban J connectivity index is 2.18. The van der Waals surface area contributed by atoms with Crippen LogP contribution in [0.2, 0.25) is 0 Å². The lowest BCUT2D eigenvalue weighted by atomic mass is 10.2. The van der Waals surface area contributed by atoms with Crippen LogP contribution in [0, 0.1) is 5.82 Å². The van der Waals surface area contributed by atoms with Crippen LogP contribution < -0.4 is 5.32 Å². The Kier molecular flexibility index (Phi) is 4.81. The van der Waals surface area contributed by atoms with E-state index in [0.717, 1.165) is 5.69 Å². The first kappa shape index (κ1) is 14.9. The zero-order chi connectivity index (χ0) is 15.2. The van der Waals surface area contributed by atoms with Crippen molar-refractivity contribution in [2.75, 3.05) is 18.9 Å². The lowest BCUT2D eigenvalue weighted by molar-refractivity contribution is 0.0778. The van der Waals surface area contributed by atoms with Gasteiger partial charge in [0.05, 0.1) is 17.8 Å². The van der Waals surface area contributed by atoms with Crippen LogP contribution in [0.25, 0.3) is 0 Å². The number of pyridine rings is 2. The first-order valence-corrected chi connectivity index (χ1v) is 6.67. The van der Waals surface area contributed by atoms with Crippen LogP contribution >= 0.6 is 0 Å². The molecule has 0 aliphatic rings. The number of amides is 1. The summed E-state index contributed by atoms with van der Waals surface area (Å²) in [5.41, 5.74) is 0.745. The smallest absolute Gasteiger partial charge is 0.257 e. The minimum atomic E-state index is -0.628. The lowest BCUT2D eigenvalue weighted by Crippen LogP contribution is -2.27. The molecule has 2 heterocycles. The van der Waals surface area contributed by atoms with Crippen LogP contribution in [-0.2, 0) is 6.54 Å². The Morgan fingerprint density at radius 2 is 2.10 bits per heavy atom. The molecule has 0 atom stereocenters. The normalized spacial score (nSPS) is 10.2. The van der Waals surface area contributed by atoms with Gasteiger partial charge in [-0.25, -0.2) is 9.37 Å². The van der Waals surface area contributed by atoms with E-state index in [0.29, 0.717) is 13.1 Å². The molecule has 0 aliphatic carbocycles. The molecule has 0 bridgehead atoms.